The first-order valence-corrected chi connectivity index (χ1v) is 8.12. The standard InChI is InChI=1S/C16H30N2O3.ClH/c1-5-21-13-10-16(17,15(13,3)4)14(20)18-8-6-12(7-9-18)11(2)19;/h11-13,19H,5-10,17H2,1-4H3;1H. The van der Waals surface area contributed by atoms with Crippen LogP contribution in [0.25, 0.3) is 0 Å². The van der Waals surface area contributed by atoms with Crippen LogP contribution in [-0.4, -0.2) is 53.4 Å². The number of halogens is 1. The van der Waals surface area contributed by atoms with Gasteiger partial charge in [0.15, 0.2) is 0 Å². The Labute approximate surface area is 140 Å². The van der Waals surface area contributed by atoms with Crippen LogP contribution in [0.2, 0.25) is 0 Å². The minimum Gasteiger partial charge on any atom is -0.393 e. The largest absolute Gasteiger partial charge is 0.393 e. The fourth-order valence-electron chi connectivity index (χ4n) is 3.67. The van der Waals surface area contributed by atoms with Gasteiger partial charge in [-0.25, -0.2) is 0 Å². The number of carbonyl (C=O) groups is 1. The summed E-state index contributed by atoms with van der Waals surface area (Å²) >= 11 is 0. The zero-order valence-electron chi connectivity index (χ0n) is 14.2. The molecule has 0 aromatic carbocycles. The van der Waals surface area contributed by atoms with Crippen molar-refractivity contribution >= 4 is 18.3 Å². The van der Waals surface area contributed by atoms with Gasteiger partial charge in [0.25, 0.3) is 0 Å². The molecule has 3 N–H and O–H groups in total. The molecule has 1 amide bonds. The molecule has 0 radical (unpaired) electrons. The van der Waals surface area contributed by atoms with E-state index in [0.29, 0.717) is 32.0 Å². The van der Waals surface area contributed by atoms with Crippen LogP contribution >= 0.6 is 12.4 Å². The van der Waals surface area contributed by atoms with Gasteiger partial charge in [0.2, 0.25) is 5.91 Å². The molecular weight excluding hydrogens is 304 g/mol. The zero-order valence-corrected chi connectivity index (χ0v) is 15.0. The SMILES string of the molecule is CCOC1CC(N)(C(=O)N2CCC(C(C)O)CC2)C1(C)C.Cl. The second-order valence-electron chi connectivity index (χ2n) is 7.21. The van der Waals surface area contributed by atoms with Crippen molar-refractivity contribution in [2.75, 3.05) is 19.7 Å². The summed E-state index contributed by atoms with van der Waals surface area (Å²) in [4.78, 5) is 14.7. The smallest absolute Gasteiger partial charge is 0.243 e. The summed E-state index contributed by atoms with van der Waals surface area (Å²) in [6.07, 6.45) is 2.08. The second kappa shape index (κ2) is 7.04. The van der Waals surface area contributed by atoms with Crippen LogP contribution in [-0.2, 0) is 9.53 Å². The van der Waals surface area contributed by atoms with Gasteiger partial charge in [-0.2, -0.15) is 0 Å². The van der Waals surface area contributed by atoms with Crippen LogP contribution < -0.4 is 5.73 Å². The number of piperidine rings is 1. The molecule has 1 heterocycles. The molecule has 3 atom stereocenters. The number of carbonyl (C=O) groups excluding carboxylic acids is 1. The number of ether oxygens (including phenoxy) is 1. The Balaban J connectivity index is 0.00000242. The highest BCUT2D eigenvalue weighted by Gasteiger charge is 2.63. The van der Waals surface area contributed by atoms with E-state index in [2.05, 4.69) is 0 Å². The summed E-state index contributed by atoms with van der Waals surface area (Å²) in [6, 6.07) is 0. The molecule has 0 aromatic heterocycles. The van der Waals surface area contributed by atoms with Gasteiger partial charge in [-0.3, -0.25) is 4.79 Å². The molecule has 22 heavy (non-hydrogen) atoms. The number of hydrogen-bond acceptors (Lipinski definition) is 4. The van der Waals surface area contributed by atoms with Crippen LogP contribution in [0.15, 0.2) is 0 Å². The molecule has 2 aliphatic rings. The third kappa shape index (κ3) is 3.14. The van der Waals surface area contributed by atoms with E-state index >= 15 is 0 Å². The monoisotopic (exact) mass is 334 g/mol. The molecule has 0 aromatic rings. The minimum absolute atomic E-state index is 0. The van der Waals surface area contributed by atoms with E-state index in [1.807, 2.05) is 32.6 Å². The van der Waals surface area contributed by atoms with E-state index in [1.165, 1.54) is 0 Å². The van der Waals surface area contributed by atoms with E-state index in [4.69, 9.17) is 10.5 Å². The van der Waals surface area contributed by atoms with Crippen LogP contribution in [0.1, 0.15) is 47.0 Å². The summed E-state index contributed by atoms with van der Waals surface area (Å²) in [5, 5.41) is 9.65. The molecule has 1 aliphatic heterocycles. The maximum atomic E-state index is 12.8. The number of nitrogens with zero attached hydrogens (tertiary/aromatic N) is 1. The summed E-state index contributed by atoms with van der Waals surface area (Å²) in [5.41, 5.74) is 5.30. The van der Waals surface area contributed by atoms with Crippen molar-refractivity contribution in [2.45, 2.75) is 64.7 Å². The Hall–Kier alpha value is -0.360. The average Bonchev–Trinajstić information content (AvgIpc) is 2.46. The number of amides is 1. The van der Waals surface area contributed by atoms with Crippen molar-refractivity contribution in [1.82, 2.24) is 4.90 Å². The molecule has 1 aliphatic carbocycles. The molecule has 1 saturated carbocycles. The van der Waals surface area contributed by atoms with E-state index in [0.717, 1.165) is 12.8 Å². The second-order valence-corrected chi connectivity index (χ2v) is 7.21. The molecule has 2 rings (SSSR count). The predicted octanol–water partition coefficient (Wildman–Crippen LogP) is 1.56. The van der Waals surface area contributed by atoms with E-state index < -0.39 is 5.54 Å². The Morgan fingerprint density at radius 3 is 2.36 bits per heavy atom. The quantitative estimate of drug-likeness (QED) is 0.818. The number of aliphatic hydroxyl groups is 1. The minimum atomic E-state index is -0.815. The van der Waals surface area contributed by atoms with Gasteiger partial charge in [-0.1, -0.05) is 13.8 Å². The van der Waals surface area contributed by atoms with Gasteiger partial charge in [-0.15, -0.1) is 12.4 Å². The number of nitrogens with two attached hydrogens (primary N) is 1. The first-order chi connectivity index (χ1) is 9.74. The molecule has 130 valence electrons. The lowest BCUT2D eigenvalue weighted by molar-refractivity contribution is -0.180. The van der Waals surface area contributed by atoms with Gasteiger partial charge in [0.05, 0.1) is 12.2 Å². The van der Waals surface area contributed by atoms with Gasteiger partial charge in [-0.05, 0) is 32.6 Å². The predicted molar refractivity (Wildman–Crippen MR) is 89.0 cm³/mol. The van der Waals surface area contributed by atoms with Crippen LogP contribution in [0, 0.1) is 11.3 Å². The number of hydrogen-bond donors (Lipinski definition) is 2. The van der Waals surface area contributed by atoms with Crippen LogP contribution in [0.3, 0.4) is 0 Å². The fraction of sp³-hybridized carbons (Fsp3) is 0.938. The third-order valence-corrected chi connectivity index (χ3v) is 5.72. The molecule has 2 fully saturated rings. The Bertz CT molecular complexity index is 395. The lowest BCUT2D eigenvalue weighted by atomic mass is 9.54. The molecule has 0 spiro atoms. The summed E-state index contributed by atoms with van der Waals surface area (Å²) in [5.74, 6) is 0.348. The first kappa shape index (κ1) is 19.7. The van der Waals surface area contributed by atoms with E-state index in [1.54, 1.807) is 0 Å². The number of rotatable bonds is 4. The fourth-order valence-corrected chi connectivity index (χ4v) is 3.67. The number of aliphatic hydroxyl groups excluding tert-OH is 1. The molecule has 5 nitrogen and oxygen atoms in total. The van der Waals surface area contributed by atoms with Crippen molar-refractivity contribution in [3.8, 4) is 0 Å². The summed E-state index contributed by atoms with van der Waals surface area (Å²) < 4.78 is 5.69. The van der Waals surface area contributed by atoms with Gasteiger partial charge < -0.3 is 20.5 Å². The van der Waals surface area contributed by atoms with Crippen molar-refractivity contribution in [3.63, 3.8) is 0 Å². The highest BCUT2D eigenvalue weighted by Crippen LogP contribution is 2.50. The summed E-state index contributed by atoms with van der Waals surface area (Å²) in [6.45, 7) is 9.89. The van der Waals surface area contributed by atoms with Crippen LogP contribution in [0.5, 0.6) is 0 Å². The lowest BCUT2D eigenvalue weighted by Gasteiger charge is -2.59. The Morgan fingerprint density at radius 1 is 1.41 bits per heavy atom. The highest BCUT2D eigenvalue weighted by atomic mass is 35.5. The average molecular weight is 335 g/mol. The zero-order chi connectivity index (χ0) is 15.8. The topological polar surface area (TPSA) is 75.8 Å². The molecule has 1 saturated heterocycles. The number of likely N-dealkylation sites (tertiary alicyclic amines) is 1. The van der Waals surface area contributed by atoms with E-state index in [-0.39, 0.29) is 35.9 Å². The van der Waals surface area contributed by atoms with Crippen molar-refractivity contribution in [3.05, 3.63) is 0 Å². The third-order valence-electron chi connectivity index (χ3n) is 5.72. The molecule has 0 bridgehead atoms. The van der Waals surface area contributed by atoms with Crippen molar-refractivity contribution < 1.29 is 14.6 Å². The molecule has 6 heteroatoms. The highest BCUT2D eigenvalue weighted by molar-refractivity contribution is 5.89. The van der Waals surface area contributed by atoms with Gasteiger partial charge in [0.1, 0.15) is 5.54 Å². The molecular formula is C16H31ClN2O3. The lowest BCUT2D eigenvalue weighted by Crippen LogP contribution is -2.76. The molecule has 3 unspecified atom stereocenters. The Morgan fingerprint density at radius 2 is 1.95 bits per heavy atom. The van der Waals surface area contributed by atoms with Crippen LogP contribution in [0.4, 0.5) is 0 Å². The van der Waals surface area contributed by atoms with Crippen molar-refractivity contribution in [2.24, 2.45) is 17.1 Å². The first-order valence-electron chi connectivity index (χ1n) is 8.12. The van der Waals surface area contributed by atoms with Crippen molar-refractivity contribution in [1.29, 1.82) is 0 Å². The van der Waals surface area contributed by atoms with Gasteiger partial charge >= 0.3 is 0 Å². The maximum Gasteiger partial charge on any atom is 0.243 e. The van der Waals surface area contributed by atoms with Gasteiger partial charge in [0, 0.05) is 31.5 Å². The Kier molecular flexibility index (Phi) is 6.30. The summed E-state index contributed by atoms with van der Waals surface area (Å²) in [7, 11) is 0. The maximum absolute atomic E-state index is 12.8. The normalized spacial score (nSPS) is 32.8. The van der Waals surface area contributed by atoms with E-state index in [9.17, 15) is 9.90 Å².